The molecule has 0 aliphatic carbocycles. The Morgan fingerprint density at radius 1 is 1.29 bits per heavy atom. The SMILES string of the molecule is CCC1(CC)CNc2cc(S(=O)(=O)CC(C)C)ccc2O1. The molecule has 0 unspecified atom stereocenters. The summed E-state index contributed by atoms with van der Waals surface area (Å²) in [7, 11) is -3.23. The van der Waals surface area contributed by atoms with E-state index in [4.69, 9.17) is 4.74 Å². The van der Waals surface area contributed by atoms with Crippen LogP contribution >= 0.6 is 0 Å². The predicted molar refractivity (Wildman–Crippen MR) is 85.8 cm³/mol. The molecule has 0 bridgehead atoms. The van der Waals surface area contributed by atoms with Gasteiger partial charge in [-0.25, -0.2) is 8.42 Å². The van der Waals surface area contributed by atoms with Crippen molar-refractivity contribution in [1.29, 1.82) is 0 Å². The van der Waals surface area contributed by atoms with E-state index >= 15 is 0 Å². The van der Waals surface area contributed by atoms with Crippen LogP contribution in [0.25, 0.3) is 0 Å². The standard InChI is InChI=1S/C16H25NO3S/c1-5-16(6-2)11-17-14-9-13(7-8-15(14)20-16)21(18,19)10-12(3)4/h7-9,12,17H,5-6,10-11H2,1-4H3. The van der Waals surface area contributed by atoms with E-state index in [2.05, 4.69) is 19.2 Å². The van der Waals surface area contributed by atoms with Crippen LogP contribution in [-0.2, 0) is 9.84 Å². The molecular formula is C16H25NO3S. The molecule has 0 spiro atoms. The lowest BCUT2D eigenvalue weighted by atomic mass is 9.95. The van der Waals surface area contributed by atoms with E-state index in [-0.39, 0.29) is 17.3 Å². The number of ether oxygens (including phenoxy) is 1. The lowest BCUT2D eigenvalue weighted by Crippen LogP contribution is -2.44. The Bertz CT molecular complexity index is 604. The van der Waals surface area contributed by atoms with Crippen molar-refractivity contribution < 1.29 is 13.2 Å². The van der Waals surface area contributed by atoms with Crippen molar-refractivity contribution in [2.45, 2.75) is 51.0 Å². The minimum Gasteiger partial charge on any atom is -0.483 e. The second kappa shape index (κ2) is 5.87. The Morgan fingerprint density at radius 3 is 2.52 bits per heavy atom. The highest BCUT2D eigenvalue weighted by molar-refractivity contribution is 7.91. The molecule has 0 fully saturated rings. The molecule has 0 saturated carbocycles. The first-order valence-corrected chi connectivity index (χ1v) is 9.27. The Balaban J connectivity index is 2.31. The van der Waals surface area contributed by atoms with Gasteiger partial charge in [-0.1, -0.05) is 27.7 Å². The highest BCUT2D eigenvalue weighted by Gasteiger charge is 2.33. The first-order valence-electron chi connectivity index (χ1n) is 7.61. The smallest absolute Gasteiger partial charge is 0.178 e. The van der Waals surface area contributed by atoms with Crippen molar-refractivity contribution in [2.24, 2.45) is 5.92 Å². The van der Waals surface area contributed by atoms with Crippen LogP contribution in [0.15, 0.2) is 23.1 Å². The van der Waals surface area contributed by atoms with Gasteiger partial charge in [-0.15, -0.1) is 0 Å². The lowest BCUT2D eigenvalue weighted by Gasteiger charge is -2.38. The van der Waals surface area contributed by atoms with E-state index in [1.54, 1.807) is 18.2 Å². The molecule has 0 aromatic heterocycles. The maximum absolute atomic E-state index is 12.3. The average molecular weight is 311 g/mol. The van der Waals surface area contributed by atoms with Gasteiger partial charge in [-0.2, -0.15) is 0 Å². The molecule has 1 aliphatic heterocycles. The van der Waals surface area contributed by atoms with Crippen molar-refractivity contribution in [1.82, 2.24) is 0 Å². The molecule has 21 heavy (non-hydrogen) atoms. The molecule has 1 aromatic carbocycles. The molecular weight excluding hydrogens is 286 g/mol. The van der Waals surface area contributed by atoms with Gasteiger partial charge >= 0.3 is 0 Å². The lowest BCUT2D eigenvalue weighted by molar-refractivity contribution is 0.0670. The van der Waals surface area contributed by atoms with E-state index in [9.17, 15) is 8.42 Å². The molecule has 0 atom stereocenters. The number of anilines is 1. The number of sulfone groups is 1. The van der Waals surface area contributed by atoms with Crippen LogP contribution in [0.4, 0.5) is 5.69 Å². The van der Waals surface area contributed by atoms with Crippen molar-refractivity contribution in [3.63, 3.8) is 0 Å². The first kappa shape index (κ1) is 16.1. The fourth-order valence-corrected chi connectivity index (χ4v) is 4.28. The number of rotatable bonds is 5. The number of benzene rings is 1. The van der Waals surface area contributed by atoms with Gasteiger partial charge in [-0.05, 0) is 37.0 Å². The maximum Gasteiger partial charge on any atom is 0.178 e. The second-order valence-corrected chi connectivity index (χ2v) is 8.21. The molecule has 2 rings (SSSR count). The van der Waals surface area contributed by atoms with E-state index in [0.29, 0.717) is 11.4 Å². The van der Waals surface area contributed by atoms with Gasteiger partial charge < -0.3 is 10.1 Å². The molecule has 118 valence electrons. The van der Waals surface area contributed by atoms with Gasteiger partial charge in [0.15, 0.2) is 9.84 Å². The van der Waals surface area contributed by atoms with Gasteiger partial charge in [0.1, 0.15) is 11.4 Å². The topological polar surface area (TPSA) is 55.4 Å². The summed E-state index contributed by atoms with van der Waals surface area (Å²) in [6.45, 7) is 8.75. The van der Waals surface area contributed by atoms with Crippen LogP contribution in [0.3, 0.4) is 0 Å². The fourth-order valence-electron chi connectivity index (χ4n) is 2.63. The largest absolute Gasteiger partial charge is 0.483 e. The summed E-state index contributed by atoms with van der Waals surface area (Å²) in [5.74, 6) is 1.03. The number of nitrogens with one attached hydrogen (secondary N) is 1. The third-order valence-electron chi connectivity index (χ3n) is 4.08. The molecule has 0 amide bonds. The van der Waals surface area contributed by atoms with Crippen LogP contribution < -0.4 is 10.1 Å². The number of hydrogen-bond donors (Lipinski definition) is 1. The summed E-state index contributed by atoms with van der Waals surface area (Å²) in [6, 6.07) is 5.12. The highest BCUT2D eigenvalue weighted by atomic mass is 32.2. The zero-order chi connectivity index (χ0) is 15.7. The molecule has 1 N–H and O–H groups in total. The van der Waals surface area contributed by atoms with Crippen LogP contribution in [0, 0.1) is 5.92 Å². The molecule has 0 saturated heterocycles. The molecule has 1 heterocycles. The third-order valence-corrected chi connectivity index (χ3v) is 6.16. The van der Waals surface area contributed by atoms with Gasteiger partial charge in [0.2, 0.25) is 0 Å². The van der Waals surface area contributed by atoms with E-state index < -0.39 is 9.84 Å². The zero-order valence-corrected chi connectivity index (χ0v) is 14.1. The monoisotopic (exact) mass is 311 g/mol. The third kappa shape index (κ3) is 3.34. The normalized spacial score (nSPS) is 17.0. The molecule has 0 radical (unpaired) electrons. The van der Waals surface area contributed by atoms with Gasteiger partial charge in [-0.3, -0.25) is 0 Å². The Kier molecular flexibility index (Phi) is 4.51. The van der Waals surface area contributed by atoms with Gasteiger partial charge in [0.25, 0.3) is 0 Å². The molecule has 1 aliphatic rings. The van der Waals surface area contributed by atoms with E-state index in [1.807, 2.05) is 13.8 Å². The summed E-state index contributed by atoms with van der Waals surface area (Å²) in [4.78, 5) is 0.367. The second-order valence-electron chi connectivity index (χ2n) is 6.18. The van der Waals surface area contributed by atoms with E-state index in [0.717, 1.165) is 24.3 Å². The van der Waals surface area contributed by atoms with Crippen molar-refractivity contribution in [3.8, 4) is 5.75 Å². The summed E-state index contributed by atoms with van der Waals surface area (Å²) >= 11 is 0. The predicted octanol–water partition coefficient (Wildman–Crippen LogP) is 3.48. The number of hydrogen-bond acceptors (Lipinski definition) is 4. The van der Waals surface area contributed by atoms with Gasteiger partial charge in [0, 0.05) is 0 Å². The molecule has 5 heteroatoms. The van der Waals surface area contributed by atoms with Crippen LogP contribution in [0.5, 0.6) is 5.75 Å². The highest BCUT2D eigenvalue weighted by Crippen LogP contribution is 2.37. The fraction of sp³-hybridized carbons (Fsp3) is 0.625. The van der Waals surface area contributed by atoms with Crippen LogP contribution in [0.2, 0.25) is 0 Å². The summed E-state index contributed by atoms with van der Waals surface area (Å²) in [6.07, 6.45) is 1.84. The average Bonchev–Trinajstić information content (AvgIpc) is 2.44. The molecule has 4 nitrogen and oxygen atoms in total. The summed E-state index contributed by atoms with van der Waals surface area (Å²) < 4.78 is 30.7. The van der Waals surface area contributed by atoms with E-state index in [1.165, 1.54) is 0 Å². The van der Waals surface area contributed by atoms with Crippen molar-refractivity contribution in [3.05, 3.63) is 18.2 Å². The zero-order valence-electron chi connectivity index (χ0n) is 13.3. The summed E-state index contributed by atoms with van der Waals surface area (Å²) in [5.41, 5.74) is 0.586. The van der Waals surface area contributed by atoms with Crippen LogP contribution in [0.1, 0.15) is 40.5 Å². The Morgan fingerprint density at radius 2 is 1.95 bits per heavy atom. The Labute approximate surface area is 127 Å². The Hall–Kier alpha value is -1.23. The van der Waals surface area contributed by atoms with Crippen molar-refractivity contribution >= 4 is 15.5 Å². The minimum atomic E-state index is -3.23. The first-order chi connectivity index (χ1) is 9.82. The minimum absolute atomic E-state index is 0.114. The maximum atomic E-state index is 12.3. The molecule has 1 aromatic rings. The van der Waals surface area contributed by atoms with Gasteiger partial charge in [0.05, 0.1) is 22.9 Å². The quantitative estimate of drug-likeness (QED) is 0.904. The number of fused-ring (bicyclic) bond motifs is 1. The van der Waals surface area contributed by atoms with Crippen LogP contribution in [-0.4, -0.2) is 26.3 Å². The van der Waals surface area contributed by atoms with Crippen molar-refractivity contribution in [2.75, 3.05) is 17.6 Å². The summed E-state index contributed by atoms with van der Waals surface area (Å²) in [5, 5.41) is 3.33.